The van der Waals surface area contributed by atoms with E-state index in [0.29, 0.717) is 18.2 Å². The van der Waals surface area contributed by atoms with Gasteiger partial charge >= 0.3 is 0 Å². The maximum Gasteiger partial charge on any atom is 0.241 e. The first-order valence-corrected chi connectivity index (χ1v) is 6.02. The maximum absolute atomic E-state index is 5.64. The van der Waals surface area contributed by atoms with Gasteiger partial charge in [0.2, 0.25) is 11.2 Å². The fraction of sp³-hybridized carbons (Fsp3) is 0.636. The van der Waals surface area contributed by atoms with Crippen molar-refractivity contribution in [3.05, 3.63) is 11.5 Å². The third kappa shape index (κ3) is 4.66. The fourth-order valence-corrected chi connectivity index (χ4v) is 1.47. The van der Waals surface area contributed by atoms with Gasteiger partial charge in [-0.2, -0.15) is 4.98 Å². The van der Waals surface area contributed by atoms with Crippen LogP contribution in [-0.2, 0) is 0 Å². The van der Waals surface area contributed by atoms with Crippen LogP contribution in [0, 0.1) is 0 Å². The molecule has 1 rings (SSSR count). The number of nitrogens with zero attached hydrogens (tertiary/aromatic N) is 2. The van der Waals surface area contributed by atoms with E-state index in [1.165, 1.54) is 31.9 Å². The van der Waals surface area contributed by atoms with E-state index in [1.54, 1.807) is 0 Å². The van der Waals surface area contributed by atoms with Crippen LogP contribution in [0.1, 0.15) is 39.0 Å². The number of anilines is 1. The van der Waals surface area contributed by atoms with Gasteiger partial charge in [0.25, 0.3) is 0 Å². The highest BCUT2D eigenvalue weighted by atomic mass is 35.5. The van der Waals surface area contributed by atoms with Crippen LogP contribution in [0.2, 0.25) is 5.28 Å². The van der Waals surface area contributed by atoms with Crippen molar-refractivity contribution in [2.75, 3.05) is 12.3 Å². The van der Waals surface area contributed by atoms with Crippen molar-refractivity contribution >= 4 is 17.3 Å². The van der Waals surface area contributed by atoms with E-state index in [9.17, 15) is 0 Å². The number of aromatic nitrogens is 2. The van der Waals surface area contributed by atoms with Crippen molar-refractivity contribution in [2.24, 2.45) is 0 Å². The zero-order valence-electron chi connectivity index (χ0n) is 9.58. The van der Waals surface area contributed by atoms with E-state index in [2.05, 4.69) is 16.9 Å². The smallest absolute Gasteiger partial charge is 0.241 e. The van der Waals surface area contributed by atoms with Gasteiger partial charge in [0.05, 0.1) is 12.8 Å². The number of nitrogen functional groups attached to an aromatic ring is 1. The topological polar surface area (TPSA) is 61.0 Å². The van der Waals surface area contributed by atoms with Crippen LogP contribution in [0.5, 0.6) is 5.88 Å². The molecule has 90 valence electrons. The van der Waals surface area contributed by atoms with Crippen molar-refractivity contribution < 1.29 is 4.74 Å². The largest absolute Gasteiger partial charge is 0.476 e. The molecule has 0 unspecified atom stereocenters. The minimum absolute atomic E-state index is 0.162. The van der Waals surface area contributed by atoms with Crippen LogP contribution in [0.15, 0.2) is 6.20 Å². The number of rotatable bonds is 7. The Bertz CT molecular complexity index is 320. The lowest BCUT2D eigenvalue weighted by molar-refractivity contribution is 0.294. The minimum atomic E-state index is 0.162. The lowest BCUT2D eigenvalue weighted by Gasteiger charge is -2.07. The predicted octanol–water partition coefficient (Wildman–Crippen LogP) is 3.06. The summed E-state index contributed by atoms with van der Waals surface area (Å²) in [6.07, 6.45) is 7.42. The highest BCUT2D eigenvalue weighted by molar-refractivity contribution is 6.28. The molecule has 0 aliphatic heterocycles. The summed E-state index contributed by atoms with van der Waals surface area (Å²) in [5.74, 6) is 0.385. The van der Waals surface area contributed by atoms with Gasteiger partial charge in [0.15, 0.2) is 0 Å². The lowest BCUT2D eigenvalue weighted by Crippen LogP contribution is -2.03. The average molecular weight is 244 g/mol. The third-order valence-electron chi connectivity index (χ3n) is 2.24. The van der Waals surface area contributed by atoms with Gasteiger partial charge in [0.1, 0.15) is 5.69 Å². The molecule has 0 spiro atoms. The van der Waals surface area contributed by atoms with Gasteiger partial charge < -0.3 is 10.5 Å². The van der Waals surface area contributed by atoms with E-state index < -0.39 is 0 Å². The number of hydrogen-bond acceptors (Lipinski definition) is 4. The van der Waals surface area contributed by atoms with E-state index >= 15 is 0 Å². The van der Waals surface area contributed by atoms with Gasteiger partial charge in [-0.05, 0) is 18.0 Å². The second-order valence-electron chi connectivity index (χ2n) is 3.66. The van der Waals surface area contributed by atoms with Crippen molar-refractivity contribution in [3.8, 4) is 5.88 Å². The lowest BCUT2D eigenvalue weighted by atomic mass is 10.2. The number of nitrogens with two attached hydrogens (primary N) is 1. The number of halogens is 1. The summed E-state index contributed by atoms with van der Waals surface area (Å²) in [6.45, 7) is 2.82. The van der Waals surface area contributed by atoms with Gasteiger partial charge in [0, 0.05) is 0 Å². The van der Waals surface area contributed by atoms with Crippen LogP contribution in [0.4, 0.5) is 5.69 Å². The zero-order valence-corrected chi connectivity index (χ0v) is 10.3. The molecular weight excluding hydrogens is 226 g/mol. The molecule has 0 saturated heterocycles. The second-order valence-corrected chi connectivity index (χ2v) is 4.00. The van der Waals surface area contributed by atoms with Gasteiger partial charge in [-0.1, -0.05) is 32.6 Å². The monoisotopic (exact) mass is 243 g/mol. The zero-order chi connectivity index (χ0) is 11.8. The molecule has 0 amide bonds. The van der Waals surface area contributed by atoms with Gasteiger partial charge in [-0.3, -0.25) is 0 Å². The summed E-state index contributed by atoms with van der Waals surface area (Å²) in [5, 5.41) is 0.162. The molecule has 2 N–H and O–H groups in total. The summed E-state index contributed by atoms with van der Waals surface area (Å²) in [7, 11) is 0. The highest BCUT2D eigenvalue weighted by Gasteiger charge is 2.03. The quantitative estimate of drug-likeness (QED) is 0.591. The Kier molecular flexibility index (Phi) is 5.93. The van der Waals surface area contributed by atoms with Crippen LogP contribution < -0.4 is 10.5 Å². The fourth-order valence-electron chi connectivity index (χ4n) is 1.35. The molecule has 1 heterocycles. The molecule has 0 aliphatic rings. The molecule has 16 heavy (non-hydrogen) atoms. The first-order chi connectivity index (χ1) is 7.74. The number of ether oxygens (including phenoxy) is 1. The van der Waals surface area contributed by atoms with Crippen molar-refractivity contribution in [2.45, 2.75) is 39.0 Å². The van der Waals surface area contributed by atoms with Gasteiger partial charge in [-0.25, -0.2) is 4.98 Å². The first kappa shape index (κ1) is 13.0. The Morgan fingerprint density at radius 1 is 1.31 bits per heavy atom. The van der Waals surface area contributed by atoms with E-state index in [0.717, 1.165) is 6.42 Å². The molecule has 0 radical (unpaired) electrons. The van der Waals surface area contributed by atoms with Gasteiger partial charge in [-0.15, -0.1) is 0 Å². The molecule has 0 saturated carbocycles. The molecule has 1 aromatic heterocycles. The summed E-state index contributed by atoms with van der Waals surface area (Å²) in [4.78, 5) is 7.67. The minimum Gasteiger partial charge on any atom is -0.476 e. The molecule has 0 fully saturated rings. The van der Waals surface area contributed by atoms with Crippen LogP contribution in [-0.4, -0.2) is 16.6 Å². The SMILES string of the molecule is CCCCCCCOc1nc(Cl)ncc1N. The van der Waals surface area contributed by atoms with E-state index in [4.69, 9.17) is 22.1 Å². The Morgan fingerprint density at radius 3 is 2.81 bits per heavy atom. The average Bonchev–Trinajstić information content (AvgIpc) is 2.28. The first-order valence-electron chi connectivity index (χ1n) is 5.65. The molecule has 5 heteroatoms. The van der Waals surface area contributed by atoms with Crippen LogP contribution in [0.3, 0.4) is 0 Å². The number of unbranched alkanes of at least 4 members (excludes halogenated alkanes) is 4. The summed E-state index contributed by atoms with van der Waals surface area (Å²) >= 11 is 5.64. The van der Waals surface area contributed by atoms with Crippen LogP contribution >= 0.6 is 11.6 Å². The van der Waals surface area contributed by atoms with Crippen molar-refractivity contribution in [1.29, 1.82) is 0 Å². The molecule has 4 nitrogen and oxygen atoms in total. The molecule has 1 aromatic rings. The Labute approximate surface area is 101 Å². The summed E-state index contributed by atoms with van der Waals surface area (Å²) in [6, 6.07) is 0. The van der Waals surface area contributed by atoms with Crippen LogP contribution in [0.25, 0.3) is 0 Å². The third-order valence-corrected chi connectivity index (χ3v) is 2.42. The maximum atomic E-state index is 5.64. The highest BCUT2D eigenvalue weighted by Crippen LogP contribution is 2.18. The van der Waals surface area contributed by atoms with E-state index in [1.807, 2.05) is 0 Å². The molecule has 0 aromatic carbocycles. The standard InChI is InChI=1S/C11H18ClN3O/c1-2-3-4-5-6-7-16-10-9(13)8-14-11(12)15-10/h8H,2-7,13H2,1H3. The molecule has 0 aliphatic carbocycles. The normalized spacial score (nSPS) is 10.4. The predicted molar refractivity (Wildman–Crippen MR) is 65.7 cm³/mol. The Balaban J connectivity index is 2.23. The van der Waals surface area contributed by atoms with Crippen molar-refractivity contribution in [3.63, 3.8) is 0 Å². The molecule has 0 bridgehead atoms. The molecular formula is C11H18ClN3O. The number of hydrogen-bond donors (Lipinski definition) is 1. The summed E-state index contributed by atoms with van der Waals surface area (Å²) in [5.41, 5.74) is 6.07. The van der Waals surface area contributed by atoms with E-state index in [-0.39, 0.29) is 5.28 Å². The molecule has 0 atom stereocenters. The Morgan fingerprint density at radius 2 is 2.06 bits per heavy atom. The van der Waals surface area contributed by atoms with Crippen molar-refractivity contribution in [1.82, 2.24) is 9.97 Å². The Hall–Kier alpha value is -1.03. The second kappa shape index (κ2) is 7.28. The summed E-state index contributed by atoms with van der Waals surface area (Å²) < 4.78 is 5.44.